The lowest BCUT2D eigenvalue weighted by Crippen LogP contribution is -2.21. The molecule has 0 aliphatic rings. The predicted octanol–water partition coefficient (Wildman–Crippen LogP) is 2.70. The number of anilines is 2. The van der Waals surface area contributed by atoms with Gasteiger partial charge in [0.15, 0.2) is 24.0 Å². The number of nitrogens with one attached hydrogen (secondary N) is 1. The summed E-state index contributed by atoms with van der Waals surface area (Å²) in [5.41, 5.74) is 5.76. The highest BCUT2D eigenvalue weighted by Crippen LogP contribution is 2.21. The summed E-state index contributed by atoms with van der Waals surface area (Å²) < 4.78 is 44.3. The van der Waals surface area contributed by atoms with Crippen LogP contribution < -0.4 is 15.8 Å². The minimum atomic E-state index is -0.923. The molecule has 110 valence electrons. The van der Waals surface area contributed by atoms with E-state index in [1.54, 1.807) is 0 Å². The molecule has 0 aromatic heterocycles. The first-order chi connectivity index (χ1) is 9.97. The molecule has 0 fully saturated rings. The fourth-order valence-electron chi connectivity index (χ4n) is 1.58. The number of carbonyl (C=O) groups excluding carboxylic acids is 1. The van der Waals surface area contributed by atoms with E-state index in [4.69, 9.17) is 10.5 Å². The van der Waals surface area contributed by atoms with Gasteiger partial charge in [-0.1, -0.05) is 6.07 Å². The molecular weight excluding hydrogens is 285 g/mol. The van der Waals surface area contributed by atoms with Crippen LogP contribution in [0.3, 0.4) is 0 Å². The largest absolute Gasteiger partial charge is 0.478 e. The van der Waals surface area contributed by atoms with Crippen molar-refractivity contribution in [2.24, 2.45) is 0 Å². The topological polar surface area (TPSA) is 64.3 Å². The lowest BCUT2D eigenvalue weighted by Gasteiger charge is -2.10. The van der Waals surface area contributed by atoms with Crippen molar-refractivity contribution in [3.63, 3.8) is 0 Å². The molecule has 0 saturated carbocycles. The second-order valence-corrected chi connectivity index (χ2v) is 4.12. The van der Waals surface area contributed by atoms with Gasteiger partial charge in [-0.15, -0.1) is 0 Å². The minimum Gasteiger partial charge on any atom is -0.478 e. The lowest BCUT2D eigenvalue weighted by atomic mass is 10.2. The first-order valence-corrected chi connectivity index (χ1v) is 5.89. The van der Waals surface area contributed by atoms with Gasteiger partial charge >= 0.3 is 0 Å². The van der Waals surface area contributed by atoms with Crippen molar-refractivity contribution in [1.82, 2.24) is 0 Å². The van der Waals surface area contributed by atoms with Crippen LogP contribution in [0.2, 0.25) is 0 Å². The Morgan fingerprint density at radius 3 is 2.48 bits per heavy atom. The second-order valence-electron chi connectivity index (χ2n) is 4.12. The standard InChI is InChI=1S/C14H11F3N2O2/c15-8-4-5-11(18)12(6-8)19-13(20)7-21-14-9(16)2-1-3-10(14)17/h1-6H,7,18H2,(H,19,20). The van der Waals surface area contributed by atoms with E-state index in [2.05, 4.69) is 5.32 Å². The van der Waals surface area contributed by atoms with Crippen molar-refractivity contribution < 1.29 is 22.7 Å². The van der Waals surface area contributed by atoms with Gasteiger partial charge in [-0.2, -0.15) is 0 Å². The van der Waals surface area contributed by atoms with Crippen LogP contribution in [0.4, 0.5) is 24.5 Å². The van der Waals surface area contributed by atoms with E-state index in [-0.39, 0.29) is 11.4 Å². The van der Waals surface area contributed by atoms with Crippen LogP contribution in [-0.2, 0) is 4.79 Å². The number of ether oxygens (including phenoxy) is 1. The first kappa shape index (κ1) is 14.7. The van der Waals surface area contributed by atoms with E-state index in [1.165, 1.54) is 12.1 Å². The van der Waals surface area contributed by atoms with E-state index in [0.717, 1.165) is 24.3 Å². The number of halogens is 3. The van der Waals surface area contributed by atoms with Gasteiger partial charge in [-0.25, -0.2) is 13.2 Å². The van der Waals surface area contributed by atoms with Crippen molar-refractivity contribution in [1.29, 1.82) is 0 Å². The molecule has 21 heavy (non-hydrogen) atoms. The van der Waals surface area contributed by atoms with Crippen LogP contribution in [0.15, 0.2) is 36.4 Å². The number of amides is 1. The van der Waals surface area contributed by atoms with E-state index in [0.29, 0.717) is 0 Å². The Kier molecular flexibility index (Phi) is 4.32. The van der Waals surface area contributed by atoms with Crippen LogP contribution in [0.1, 0.15) is 0 Å². The number of rotatable bonds is 4. The van der Waals surface area contributed by atoms with Crippen molar-refractivity contribution in [2.45, 2.75) is 0 Å². The highest BCUT2D eigenvalue weighted by atomic mass is 19.1. The summed E-state index contributed by atoms with van der Waals surface area (Å²) in [7, 11) is 0. The molecule has 7 heteroatoms. The third-order valence-corrected chi connectivity index (χ3v) is 2.56. The molecule has 0 spiro atoms. The van der Waals surface area contributed by atoms with Crippen LogP contribution in [0.5, 0.6) is 5.75 Å². The average Bonchev–Trinajstić information content (AvgIpc) is 2.42. The lowest BCUT2D eigenvalue weighted by molar-refractivity contribution is -0.118. The van der Waals surface area contributed by atoms with E-state index < -0.39 is 35.7 Å². The summed E-state index contributed by atoms with van der Waals surface area (Å²) in [6.07, 6.45) is 0. The van der Waals surface area contributed by atoms with Gasteiger partial charge in [0.05, 0.1) is 11.4 Å². The predicted molar refractivity (Wildman–Crippen MR) is 71.3 cm³/mol. The highest BCUT2D eigenvalue weighted by molar-refractivity contribution is 5.94. The SMILES string of the molecule is Nc1ccc(F)cc1NC(=O)COc1c(F)cccc1F. The van der Waals surface area contributed by atoms with Crippen LogP contribution >= 0.6 is 0 Å². The van der Waals surface area contributed by atoms with Crippen molar-refractivity contribution >= 4 is 17.3 Å². The Bertz CT molecular complexity index is 657. The van der Waals surface area contributed by atoms with Crippen LogP contribution in [0.25, 0.3) is 0 Å². The maximum atomic E-state index is 13.3. The van der Waals surface area contributed by atoms with E-state index >= 15 is 0 Å². The van der Waals surface area contributed by atoms with Crippen molar-refractivity contribution in [3.05, 3.63) is 53.8 Å². The molecule has 0 aliphatic carbocycles. The zero-order chi connectivity index (χ0) is 15.4. The minimum absolute atomic E-state index is 0.0533. The fraction of sp³-hybridized carbons (Fsp3) is 0.0714. The Morgan fingerprint density at radius 2 is 1.81 bits per heavy atom. The molecule has 0 bridgehead atoms. The molecule has 0 saturated heterocycles. The summed E-state index contributed by atoms with van der Waals surface area (Å²) in [5.74, 6) is -3.81. The van der Waals surface area contributed by atoms with Gasteiger partial charge < -0.3 is 15.8 Å². The quantitative estimate of drug-likeness (QED) is 0.853. The number of hydrogen-bond acceptors (Lipinski definition) is 3. The third-order valence-electron chi connectivity index (χ3n) is 2.56. The maximum absolute atomic E-state index is 13.3. The Labute approximate surface area is 118 Å². The van der Waals surface area contributed by atoms with E-state index in [1.807, 2.05) is 0 Å². The molecule has 2 aromatic carbocycles. The number of nitrogen functional groups attached to an aromatic ring is 1. The number of carbonyl (C=O) groups is 1. The van der Waals surface area contributed by atoms with Crippen LogP contribution in [0, 0.1) is 17.5 Å². The van der Waals surface area contributed by atoms with Gasteiger partial charge in [0.2, 0.25) is 0 Å². The molecule has 4 nitrogen and oxygen atoms in total. The number of benzene rings is 2. The summed E-state index contributed by atoms with van der Waals surface area (Å²) >= 11 is 0. The van der Waals surface area contributed by atoms with Gasteiger partial charge in [0.25, 0.3) is 5.91 Å². The summed E-state index contributed by atoms with van der Waals surface area (Å²) in [6.45, 7) is -0.645. The molecule has 1 amide bonds. The molecule has 0 aliphatic heterocycles. The highest BCUT2D eigenvalue weighted by Gasteiger charge is 2.12. The Hall–Kier alpha value is -2.70. The van der Waals surface area contributed by atoms with Crippen LogP contribution in [-0.4, -0.2) is 12.5 Å². The Balaban J connectivity index is 2.01. The fourth-order valence-corrected chi connectivity index (χ4v) is 1.58. The molecule has 0 unspecified atom stereocenters. The molecule has 0 heterocycles. The normalized spacial score (nSPS) is 10.2. The molecule has 2 aromatic rings. The van der Waals surface area contributed by atoms with Gasteiger partial charge in [0.1, 0.15) is 5.82 Å². The number of hydrogen-bond donors (Lipinski definition) is 2. The molecule has 0 radical (unpaired) electrons. The second kappa shape index (κ2) is 6.17. The van der Waals surface area contributed by atoms with Crippen molar-refractivity contribution in [2.75, 3.05) is 17.7 Å². The molecular formula is C14H11F3N2O2. The monoisotopic (exact) mass is 296 g/mol. The maximum Gasteiger partial charge on any atom is 0.262 e. The third kappa shape index (κ3) is 3.65. The first-order valence-electron chi connectivity index (χ1n) is 5.89. The van der Waals surface area contributed by atoms with Gasteiger partial charge in [-0.3, -0.25) is 4.79 Å². The average molecular weight is 296 g/mol. The number of nitrogens with two attached hydrogens (primary N) is 1. The van der Waals surface area contributed by atoms with E-state index in [9.17, 15) is 18.0 Å². The summed E-state index contributed by atoms with van der Waals surface area (Å²) in [6, 6.07) is 6.61. The zero-order valence-electron chi connectivity index (χ0n) is 10.7. The van der Waals surface area contributed by atoms with Gasteiger partial charge in [-0.05, 0) is 30.3 Å². The summed E-state index contributed by atoms with van der Waals surface area (Å²) in [5, 5.41) is 2.29. The van der Waals surface area contributed by atoms with Crippen molar-refractivity contribution in [3.8, 4) is 5.75 Å². The zero-order valence-corrected chi connectivity index (χ0v) is 10.7. The van der Waals surface area contributed by atoms with Gasteiger partial charge in [0, 0.05) is 0 Å². The smallest absolute Gasteiger partial charge is 0.262 e. The Morgan fingerprint density at radius 1 is 1.14 bits per heavy atom. The number of para-hydroxylation sites is 1. The summed E-state index contributed by atoms with van der Waals surface area (Å²) in [4.78, 5) is 11.6. The molecule has 0 atom stereocenters. The molecule has 3 N–H and O–H groups in total. The molecule has 2 rings (SSSR count).